The average molecular weight is 205 g/mol. The molecule has 2 N–H and O–H groups in total. The molecule has 1 aliphatic heterocycles. The van der Waals surface area contributed by atoms with Crippen molar-refractivity contribution in [3.05, 3.63) is 29.3 Å². The molecule has 2 rings (SSSR count). The van der Waals surface area contributed by atoms with E-state index in [4.69, 9.17) is 10.5 Å². The molecule has 1 aromatic carbocycles. The Kier molecular flexibility index (Phi) is 2.70. The van der Waals surface area contributed by atoms with Gasteiger partial charge in [-0.25, -0.2) is 0 Å². The van der Waals surface area contributed by atoms with Crippen molar-refractivity contribution in [3.8, 4) is 5.75 Å². The lowest BCUT2D eigenvalue weighted by atomic mass is 9.91. The molecule has 2 atom stereocenters. The molecule has 0 saturated carbocycles. The lowest BCUT2D eigenvalue weighted by molar-refractivity contribution is 0.115. The summed E-state index contributed by atoms with van der Waals surface area (Å²) in [4.78, 5) is 0. The van der Waals surface area contributed by atoms with Crippen LogP contribution in [0.15, 0.2) is 18.2 Å². The summed E-state index contributed by atoms with van der Waals surface area (Å²) in [7, 11) is 0. The predicted octanol–water partition coefficient (Wildman–Crippen LogP) is 2.80. The van der Waals surface area contributed by atoms with Crippen LogP contribution in [0.25, 0.3) is 0 Å². The number of hydrogen-bond acceptors (Lipinski definition) is 2. The summed E-state index contributed by atoms with van der Waals surface area (Å²) < 4.78 is 5.94. The molecule has 1 unspecified atom stereocenters. The van der Waals surface area contributed by atoms with E-state index in [-0.39, 0.29) is 12.1 Å². The normalized spacial score (nSPS) is 24.9. The maximum Gasteiger partial charge on any atom is 0.124 e. The third kappa shape index (κ3) is 2.00. The summed E-state index contributed by atoms with van der Waals surface area (Å²) in [5, 5.41) is 0. The zero-order valence-electron chi connectivity index (χ0n) is 9.66. The molecule has 1 aromatic rings. The van der Waals surface area contributed by atoms with Crippen LogP contribution in [0.3, 0.4) is 0 Å². The highest BCUT2D eigenvalue weighted by molar-refractivity contribution is 5.40. The van der Waals surface area contributed by atoms with Crippen LogP contribution in [0.5, 0.6) is 5.75 Å². The van der Waals surface area contributed by atoms with Gasteiger partial charge in [-0.1, -0.05) is 31.5 Å². The highest BCUT2D eigenvalue weighted by Crippen LogP contribution is 2.35. The predicted molar refractivity (Wildman–Crippen MR) is 62.0 cm³/mol. The van der Waals surface area contributed by atoms with E-state index in [1.165, 1.54) is 5.56 Å². The molecule has 0 aliphatic carbocycles. The first kappa shape index (κ1) is 10.5. The van der Waals surface area contributed by atoms with Crippen LogP contribution >= 0.6 is 0 Å². The molecule has 0 aromatic heterocycles. The highest BCUT2D eigenvalue weighted by Gasteiger charge is 2.27. The van der Waals surface area contributed by atoms with Gasteiger partial charge >= 0.3 is 0 Å². The van der Waals surface area contributed by atoms with Crippen molar-refractivity contribution < 1.29 is 4.74 Å². The van der Waals surface area contributed by atoms with Crippen LogP contribution in [-0.4, -0.2) is 6.10 Å². The summed E-state index contributed by atoms with van der Waals surface area (Å²) in [5.41, 5.74) is 8.57. The largest absolute Gasteiger partial charge is 0.490 e. The molecule has 1 heterocycles. The van der Waals surface area contributed by atoms with Gasteiger partial charge in [0.15, 0.2) is 0 Å². The minimum Gasteiger partial charge on any atom is -0.490 e. The van der Waals surface area contributed by atoms with Crippen molar-refractivity contribution in [1.29, 1.82) is 0 Å². The van der Waals surface area contributed by atoms with Gasteiger partial charge in [0.2, 0.25) is 0 Å². The second-order valence-corrected chi connectivity index (χ2v) is 4.78. The van der Waals surface area contributed by atoms with Crippen LogP contribution in [0.4, 0.5) is 0 Å². The van der Waals surface area contributed by atoms with E-state index >= 15 is 0 Å². The van der Waals surface area contributed by atoms with E-state index in [0.717, 1.165) is 17.7 Å². The molecule has 0 amide bonds. The fraction of sp³-hybridized carbons (Fsp3) is 0.538. The van der Waals surface area contributed by atoms with Gasteiger partial charge in [0, 0.05) is 18.0 Å². The topological polar surface area (TPSA) is 35.2 Å². The fourth-order valence-corrected chi connectivity index (χ4v) is 2.06. The van der Waals surface area contributed by atoms with Crippen LogP contribution in [0, 0.1) is 12.8 Å². The Labute approximate surface area is 91.4 Å². The monoisotopic (exact) mass is 205 g/mol. The van der Waals surface area contributed by atoms with E-state index < -0.39 is 0 Å². The maximum atomic E-state index is 6.16. The van der Waals surface area contributed by atoms with E-state index in [9.17, 15) is 0 Å². The minimum atomic E-state index is 0.126. The number of ether oxygens (including phenoxy) is 1. The van der Waals surface area contributed by atoms with Crippen molar-refractivity contribution in [2.24, 2.45) is 11.7 Å². The number of benzene rings is 1. The van der Waals surface area contributed by atoms with Gasteiger partial charge in [0.05, 0.1) is 0 Å². The van der Waals surface area contributed by atoms with E-state index in [1.807, 2.05) is 6.07 Å². The van der Waals surface area contributed by atoms with Gasteiger partial charge in [0.25, 0.3) is 0 Å². The summed E-state index contributed by atoms with van der Waals surface area (Å²) in [5.74, 6) is 1.49. The Morgan fingerprint density at radius 3 is 2.80 bits per heavy atom. The zero-order chi connectivity index (χ0) is 11.0. The number of hydrogen-bond donors (Lipinski definition) is 1. The van der Waals surface area contributed by atoms with E-state index in [2.05, 4.69) is 32.9 Å². The SMILES string of the molecule is Cc1ccc2c(c1)[C@@H](N)CC(C(C)C)O2. The first-order valence-electron chi connectivity index (χ1n) is 5.60. The second kappa shape index (κ2) is 3.86. The van der Waals surface area contributed by atoms with Gasteiger partial charge < -0.3 is 10.5 Å². The van der Waals surface area contributed by atoms with Gasteiger partial charge in [-0.3, -0.25) is 0 Å². The van der Waals surface area contributed by atoms with Gasteiger partial charge in [-0.2, -0.15) is 0 Å². The maximum absolute atomic E-state index is 6.16. The van der Waals surface area contributed by atoms with Crippen LogP contribution < -0.4 is 10.5 Å². The van der Waals surface area contributed by atoms with Crippen LogP contribution in [0.1, 0.15) is 37.4 Å². The number of nitrogens with two attached hydrogens (primary N) is 1. The quantitative estimate of drug-likeness (QED) is 0.765. The lowest BCUT2D eigenvalue weighted by Crippen LogP contribution is -2.33. The standard InChI is InChI=1S/C13H19NO/c1-8(2)13-7-11(14)10-6-9(3)4-5-12(10)15-13/h4-6,8,11,13H,7,14H2,1-3H3/t11-,13?/m0/s1. The van der Waals surface area contributed by atoms with Crippen molar-refractivity contribution >= 4 is 0 Å². The molecular weight excluding hydrogens is 186 g/mol. The Morgan fingerprint density at radius 1 is 1.40 bits per heavy atom. The van der Waals surface area contributed by atoms with Crippen LogP contribution in [0.2, 0.25) is 0 Å². The molecule has 15 heavy (non-hydrogen) atoms. The number of rotatable bonds is 1. The fourth-order valence-electron chi connectivity index (χ4n) is 2.06. The van der Waals surface area contributed by atoms with Crippen LogP contribution in [-0.2, 0) is 0 Å². The summed E-state index contributed by atoms with van der Waals surface area (Å²) in [6.45, 7) is 6.44. The lowest BCUT2D eigenvalue weighted by Gasteiger charge is -2.32. The molecule has 2 nitrogen and oxygen atoms in total. The summed E-state index contributed by atoms with van der Waals surface area (Å²) in [6, 6.07) is 6.38. The minimum absolute atomic E-state index is 0.126. The first-order valence-corrected chi connectivity index (χ1v) is 5.60. The molecule has 1 aliphatic rings. The van der Waals surface area contributed by atoms with Crippen molar-refractivity contribution in [2.75, 3.05) is 0 Å². The number of aryl methyl sites for hydroxylation is 1. The Hall–Kier alpha value is -1.02. The van der Waals surface area contributed by atoms with Crippen molar-refractivity contribution in [3.63, 3.8) is 0 Å². The molecule has 82 valence electrons. The molecule has 0 saturated heterocycles. The number of fused-ring (bicyclic) bond motifs is 1. The third-order valence-corrected chi connectivity index (χ3v) is 3.07. The Balaban J connectivity index is 2.32. The van der Waals surface area contributed by atoms with Gasteiger partial charge in [0.1, 0.15) is 11.9 Å². The van der Waals surface area contributed by atoms with Gasteiger partial charge in [-0.05, 0) is 18.9 Å². The smallest absolute Gasteiger partial charge is 0.124 e. The zero-order valence-corrected chi connectivity index (χ0v) is 9.66. The molecule has 0 radical (unpaired) electrons. The Bertz CT molecular complexity index is 360. The average Bonchev–Trinajstić information content (AvgIpc) is 2.18. The van der Waals surface area contributed by atoms with E-state index in [1.54, 1.807) is 0 Å². The summed E-state index contributed by atoms with van der Waals surface area (Å²) >= 11 is 0. The van der Waals surface area contributed by atoms with Crippen molar-refractivity contribution in [1.82, 2.24) is 0 Å². The molecule has 0 spiro atoms. The molecule has 2 heteroatoms. The molecule has 0 bridgehead atoms. The second-order valence-electron chi connectivity index (χ2n) is 4.78. The Morgan fingerprint density at radius 2 is 2.13 bits per heavy atom. The van der Waals surface area contributed by atoms with Gasteiger partial charge in [-0.15, -0.1) is 0 Å². The molecule has 0 fully saturated rings. The van der Waals surface area contributed by atoms with E-state index in [0.29, 0.717) is 5.92 Å². The first-order chi connectivity index (χ1) is 7.08. The summed E-state index contributed by atoms with van der Waals surface area (Å²) in [6.07, 6.45) is 1.18. The third-order valence-electron chi connectivity index (χ3n) is 3.07. The molecular formula is C13H19NO. The van der Waals surface area contributed by atoms with Crippen molar-refractivity contribution in [2.45, 2.75) is 39.3 Å². The highest BCUT2D eigenvalue weighted by atomic mass is 16.5.